The number of rotatable bonds is 14. The number of hydrogen-bond acceptors (Lipinski definition) is 14. The van der Waals surface area contributed by atoms with Crippen molar-refractivity contribution in [1.82, 2.24) is 5.39 Å². The summed E-state index contributed by atoms with van der Waals surface area (Å²) in [6, 6.07) is 9.76. The molecule has 0 spiro atoms. The van der Waals surface area contributed by atoms with Crippen molar-refractivity contribution in [3.05, 3.63) is 53.6 Å². The van der Waals surface area contributed by atoms with Crippen LogP contribution in [0.2, 0.25) is 0 Å². The van der Waals surface area contributed by atoms with Gasteiger partial charge in [0.15, 0.2) is 11.5 Å². The number of benzene rings is 2. The Balaban J connectivity index is 2.01. The third-order valence-electron chi connectivity index (χ3n) is 4.25. The first-order valence-electron chi connectivity index (χ1n) is 10.8. The molecule has 200 valence electrons. The van der Waals surface area contributed by atoms with Crippen molar-refractivity contribution in [2.45, 2.75) is 19.8 Å². The minimum absolute atomic E-state index is 0.0116. The number of ether oxygens (including phenoxy) is 5. The van der Waals surface area contributed by atoms with E-state index in [0.717, 1.165) is 0 Å². The number of hydrogen-bond donors (Lipinski definition) is 3. The Labute approximate surface area is 210 Å². The summed E-state index contributed by atoms with van der Waals surface area (Å²) < 4.78 is 25.6. The van der Waals surface area contributed by atoms with Gasteiger partial charge >= 0.3 is 23.9 Å². The monoisotopic (exact) mass is 522 g/mol. The minimum atomic E-state index is -0.900. The van der Waals surface area contributed by atoms with Gasteiger partial charge in [-0.25, -0.2) is 9.59 Å². The molecular formula is C23H26N2O12. The van der Waals surface area contributed by atoms with E-state index in [2.05, 4.69) is 4.84 Å². The summed E-state index contributed by atoms with van der Waals surface area (Å²) in [6.45, 7) is 0.433. The Kier molecular flexibility index (Phi) is 11.9. The lowest BCUT2D eigenvalue weighted by atomic mass is 10.2. The molecule has 37 heavy (non-hydrogen) atoms. The molecular weight excluding hydrogens is 496 g/mol. The van der Waals surface area contributed by atoms with Crippen LogP contribution in [0.15, 0.2) is 42.5 Å². The molecule has 0 aliphatic carbocycles. The second-order valence-corrected chi connectivity index (χ2v) is 7.03. The predicted octanol–water partition coefficient (Wildman–Crippen LogP) is 1.62. The van der Waals surface area contributed by atoms with Crippen molar-refractivity contribution in [1.29, 1.82) is 0 Å². The van der Waals surface area contributed by atoms with E-state index in [1.807, 2.05) is 0 Å². The molecule has 0 aliphatic heterocycles. The predicted molar refractivity (Wildman–Crippen MR) is 121 cm³/mol. The van der Waals surface area contributed by atoms with Gasteiger partial charge in [-0.3, -0.25) is 24.8 Å². The van der Waals surface area contributed by atoms with Crippen LogP contribution in [0.4, 0.5) is 0 Å². The van der Waals surface area contributed by atoms with E-state index in [0.29, 0.717) is 0 Å². The average Bonchev–Trinajstić information content (AvgIpc) is 2.84. The maximum Gasteiger partial charge on any atom is 0.344 e. The number of carbonyl (C=O) groups excluding carboxylic acids is 4. The third kappa shape index (κ3) is 10.2. The molecule has 4 N–H and O–H groups in total. The maximum absolute atomic E-state index is 12.5. The Morgan fingerprint density at radius 3 is 2.32 bits per heavy atom. The number of carbonyl (C=O) groups is 4. The van der Waals surface area contributed by atoms with Crippen LogP contribution in [-0.2, 0) is 23.9 Å². The smallest absolute Gasteiger partial charge is 0.344 e. The summed E-state index contributed by atoms with van der Waals surface area (Å²) in [4.78, 5) is 52.3. The molecule has 14 heteroatoms. The summed E-state index contributed by atoms with van der Waals surface area (Å²) in [5.74, 6) is -3.08. The third-order valence-corrected chi connectivity index (χ3v) is 4.25. The molecule has 0 fully saturated rings. The van der Waals surface area contributed by atoms with Gasteiger partial charge in [0.05, 0.1) is 30.6 Å². The largest absolute Gasteiger partial charge is 0.490 e. The molecule has 0 aromatic heterocycles. The van der Waals surface area contributed by atoms with Crippen molar-refractivity contribution in [2.24, 2.45) is 5.73 Å². The molecule has 0 saturated heterocycles. The molecule has 0 amide bonds. The number of esters is 4. The van der Waals surface area contributed by atoms with Crippen molar-refractivity contribution in [3.8, 4) is 17.2 Å². The van der Waals surface area contributed by atoms with E-state index < -0.39 is 36.1 Å². The summed E-state index contributed by atoms with van der Waals surface area (Å²) in [7, 11) is 0. The molecule has 0 bridgehead atoms. The minimum Gasteiger partial charge on any atom is -0.490 e. The first-order valence-corrected chi connectivity index (χ1v) is 10.8. The lowest BCUT2D eigenvalue weighted by Crippen LogP contribution is -2.17. The first-order chi connectivity index (χ1) is 17.7. The van der Waals surface area contributed by atoms with Gasteiger partial charge in [-0.1, -0.05) is 12.1 Å². The van der Waals surface area contributed by atoms with Crippen LogP contribution in [0, 0.1) is 0 Å². The zero-order valence-corrected chi connectivity index (χ0v) is 19.8. The Bertz CT molecular complexity index is 1090. The van der Waals surface area contributed by atoms with Crippen molar-refractivity contribution < 1.29 is 58.1 Å². The molecule has 2 aromatic rings. The lowest BCUT2D eigenvalue weighted by molar-refractivity contribution is -0.492. The molecule has 0 aliphatic rings. The Hall–Kier alpha value is -4.08. The molecule has 0 atom stereocenters. The van der Waals surface area contributed by atoms with Gasteiger partial charge in [0, 0.05) is 19.9 Å². The van der Waals surface area contributed by atoms with Crippen LogP contribution in [0.1, 0.15) is 40.5 Å². The van der Waals surface area contributed by atoms with Crippen LogP contribution < -0.4 is 19.9 Å². The van der Waals surface area contributed by atoms with E-state index in [1.165, 1.54) is 43.3 Å². The molecule has 0 radical (unpaired) electrons. The van der Waals surface area contributed by atoms with Gasteiger partial charge < -0.3 is 29.4 Å². The summed E-state index contributed by atoms with van der Waals surface area (Å²) in [5, 5.41) is 16.6. The Morgan fingerprint density at radius 2 is 1.62 bits per heavy atom. The van der Waals surface area contributed by atoms with Crippen LogP contribution in [0.5, 0.6) is 17.2 Å². The number of para-hydroxylation sites is 1. The van der Waals surface area contributed by atoms with Gasteiger partial charge in [-0.2, -0.15) is 0 Å². The summed E-state index contributed by atoms with van der Waals surface area (Å²) >= 11 is 0. The second-order valence-electron chi connectivity index (χ2n) is 7.03. The van der Waals surface area contributed by atoms with Gasteiger partial charge in [0.1, 0.15) is 11.3 Å². The topological polar surface area (TPSA) is 193 Å². The molecule has 14 nitrogen and oxygen atoms in total. The van der Waals surface area contributed by atoms with Crippen LogP contribution >= 0.6 is 0 Å². The number of nitrogens with zero attached hydrogens (tertiary/aromatic N) is 1. The SMILES string of the molecule is CC(=O)Oc1ccccc1C(=O)OCOC(=O)c1ccc(OCCCON(O)O)c(OC(=O)CCN)c1. The highest BCUT2D eigenvalue weighted by Gasteiger charge is 2.18. The fourth-order valence-corrected chi connectivity index (χ4v) is 2.69. The maximum atomic E-state index is 12.5. The molecule has 2 rings (SSSR count). The van der Waals surface area contributed by atoms with Gasteiger partial charge in [-0.15, -0.1) is 0 Å². The molecule has 0 heterocycles. The van der Waals surface area contributed by atoms with Gasteiger partial charge in [0.2, 0.25) is 6.79 Å². The van der Waals surface area contributed by atoms with E-state index in [4.69, 9.17) is 39.8 Å². The lowest BCUT2D eigenvalue weighted by Gasteiger charge is -2.13. The molecule has 0 unspecified atom stereocenters. The van der Waals surface area contributed by atoms with E-state index in [9.17, 15) is 19.2 Å². The summed E-state index contributed by atoms with van der Waals surface area (Å²) in [6.07, 6.45) is 0.152. The number of nitrogens with two attached hydrogens (primary N) is 1. The Morgan fingerprint density at radius 1 is 0.892 bits per heavy atom. The highest BCUT2D eigenvalue weighted by atomic mass is 17.1. The van der Waals surface area contributed by atoms with Crippen molar-refractivity contribution in [2.75, 3.05) is 26.6 Å². The van der Waals surface area contributed by atoms with E-state index >= 15 is 0 Å². The highest BCUT2D eigenvalue weighted by Crippen LogP contribution is 2.29. The fraction of sp³-hybridized carbons (Fsp3) is 0.304. The first kappa shape index (κ1) is 29.2. The zero-order valence-electron chi connectivity index (χ0n) is 19.8. The summed E-state index contributed by atoms with van der Waals surface area (Å²) in [5.41, 5.74) is 5.28. The average molecular weight is 522 g/mol. The quantitative estimate of drug-likeness (QED) is 0.106. The van der Waals surface area contributed by atoms with Crippen LogP contribution in [-0.4, -0.2) is 66.2 Å². The highest BCUT2D eigenvalue weighted by molar-refractivity contribution is 5.94. The molecule has 2 aromatic carbocycles. The fourth-order valence-electron chi connectivity index (χ4n) is 2.69. The van der Waals surface area contributed by atoms with Crippen molar-refractivity contribution in [3.63, 3.8) is 0 Å². The van der Waals surface area contributed by atoms with Crippen LogP contribution in [0.25, 0.3) is 0 Å². The van der Waals surface area contributed by atoms with E-state index in [-0.39, 0.29) is 61.0 Å². The van der Waals surface area contributed by atoms with Gasteiger partial charge in [0.25, 0.3) is 0 Å². The second kappa shape index (κ2) is 15.1. The normalized spacial score (nSPS) is 10.5. The van der Waals surface area contributed by atoms with Crippen molar-refractivity contribution >= 4 is 23.9 Å². The van der Waals surface area contributed by atoms with Crippen LogP contribution in [0.3, 0.4) is 0 Å². The van der Waals surface area contributed by atoms with Gasteiger partial charge in [-0.05, 0) is 30.3 Å². The zero-order chi connectivity index (χ0) is 27.2. The molecule has 0 saturated carbocycles. The standard InChI is InChI=1S/C23H26N2O12/c1-15(26)36-18-6-3-2-5-17(18)23(29)34-14-33-22(28)16-7-8-19(32-11-4-12-35-25(30)31)20(13-16)37-21(27)9-10-24/h2-3,5-8,13,30-31H,4,9-12,14,24H2,1H3. The van der Waals surface area contributed by atoms with E-state index in [1.54, 1.807) is 6.07 Å².